The van der Waals surface area contributed by atoms with E-state index in [0.29, 0.717) is 17.8 Å². The highest BCUT2D eigenvalue weighted by atomic mass is 32.2. The molecule has 0 atom stereocenters. The lowest BCUT2D eigenvalue weighted by Gasteiger charge is -2.28. The van der Waals surface area contributed by atoms with E-state index in [0.717, 1.165) is 24.2 Å². The summed E-state index contributed by atoms with van der Waals surface area (Å²) < 4.78 is 33.4. The van der Waals surface area contributed by atoms with Crippen molar-refractivity contribution in [3.63, 3.8) is 0 Å². The number of nitrogens with zero attached hydrogens (tertiary/aromatic N) is 2. The number of imide groups is 1. The van der Waals surface area contributed by atoms with E-state index < -0.39 is 21.9 Å². The predicted molar refractivity (Wildman–Crippen MR) is 173 cm³/mol. The van der Waals surface area contributed by atoms with Gasteiger partial charge in [0.1, 0.15) is 0 Å². The molecule has 8 heteroatoms. The monoisotopic (exact) mass is 600 g/mol. The molecule has 0 heterocycles. The molecule has 2 aromatic rings. The molecule has 2 rings (SSSR count). The third-order valence-electron chi connectivity index (χ3n) is 7.78. The first-order valence-electron chi connectivity index (χ1n) is 15.9. The van der Waals surface area contributed by atoms with Crippen LogP contribution in [-0.2, 0) is 14.9 Å². The van der Waals surface area contributed by atoms with Gasteiger partial charge in [-0.05, 0) is 36.8 Å². The molecule has 1 N–H and O–H groups in total. The number of carbonyl (C=O) groups excluding carboxylic acids is 2. The molecule has 2 aromatic carbocycles. The molecule has 0 fully saturated rings. The first-order chi connectivity index (χ1) is 20.2. The van der Waals surface area contributed by atoms with Gasteiger partial charge in [-0.1, -0.05) is 121 Å². The minimum Gasteiger partial charge on any atom is -0.373 e. The molecule has 0 saturated heterocycles. The second-order valence-corrected chi connectivity index (χ2v) is 12.8. The van der Waals surface area contributed by atoms with Crippen molar-refractivity contribution in [3.8, 4) is 0 Å². The van der Waals surface area contributed by atoms with Gasteiger partial charge >= 0.3 is 0 Å². The van der Waals surface area contributed by atoms with Crippen LogP contribution in [0.15, 0.2) is 53.4 Å². The minimum atomic E-state index is -4.53. The Labute approximate surface area is 254 Å². The molecule has 0 bridgehead atoms. The highest BCUT2D eigenvalue weighted by molar-refractivity contribution is 7.85. The summed E-state index contributed by atoms with van der Waals surface area (Å²) in [5.41, 5.74) is 0.977. The number of hydrogen-bond donors (Lipinski definition) is 1. The first-order valence-corrected chi connectivity index (χ1v) is 17.3. The lowest BCUT2D eigenvalue weighted by atomic mass is 10.0. The molecule has 0 aliphatic heterocycles. The molecule has 0 aromatic heterocycles. The molecule has 0 aliphatic carbocycles. The van der Waals surface area contributed by atoms with Crippen molar-refractivity contribution in [2.24, 2.45) is 0 Å². The van der Waals surface area contributed by atoms with Gasteiger partial charge in [-0.15, -0.1) is 0 Å². The third-order valence-corrected chi connectivity index (χ3v) is 8.63. The van der Waals surface area contributed by atoms with Gasteiger partial charge in [0.2, 0.25) is 5.91 Å². The van der Waals surface area contributed by atoms with Crippen LogP contribution in [0, 0.1) is 0 Å². The average molecular weight is 601 g/mol. The maximum atomic E-state index is 13.3. The zero-order chi connectivity index (χ0) is 30.8. The van der Waals surface area contributed by atoms with Crippen LogP contribution < -0.4 is 9.80 Å². The Hall–Kier alpha value is -2.71. The van der Waals surface area contributed by atoms with E-state index in [1.165, 1.54) is 103 Å². The SMILES string of the molecule is CCCCCCCCCCCCCCCCCCN(C)c1ccc(S(=O)(=O)O)cc1N(C(C)=O)C(=O)c1ccccc1. The summed E-state index contributed by atoms with van der Waals surface area (Å²) in [7, 11) is -2.67. The smallest absolute Gasteiger partial charge is 0.294 e. The highest BCUT2D eigenvalue weighted by Crippen LogP contribution is 2.33. The van der Waals surface area contributed by atoms with Crippen LogP contribution in [0.3, 0.4) is 0 Å². The van der Waals surface area contributed by atoms with E-state index in [2.05, 4.69) is 6.92 Å². The number of amides is 2. The fourth-order valence-electron chi connectivity index (χ4n) is 5.31. The number of anilines is 2. The molecule has 7 nitrogen and oxygen atoms in total. The van der Waals surface area contributed by atoms with Crippen molar-refractivity contribution < 1.29 is 22.6 Å². The maximum absolute atomic E-state index is 13.3. The van der Waals surface area contributed by atoms with Gasteiger partial charge in [-0.3, -0.25) is 14.1 Å². The maximum Gasteiger partial charge on any atom is 0.294 e. The van der Waals surface area contributed by atoms with E-state index in [9.17, 15) is 22.6 Å². The molecule has 0 radical (unpaired) electrons. The van der Waals surface area contributed by atoms with Gasteiger partial charge in [-0.25, -0.2) is 4.90 Å². The number of hydrogen-bond acceptors (Lipinski definition) is 5. The summed E-state index contributed by atoms with van der Waals surface area (Å²) in [4.78, 5) is 28.5. The van der Waals surface area contributed by atoms with Crippen LogP contribution in [0.25, 0.3) is 0 Å². The lowest BCUT2D eigenvalue weighted by molar-refractivity contribution is -0.115. The van der Waals surface area contributed by atoms with Crippen molar-refractivity contribution >= 4 is 33.3 Å². The standard InChI is InChI=1S/C34H52N2O5S/c1-4-5-6-7-8-9-10-11-12-13-14-15-16-17-18-22-27-35(3)32-26-25-31(42(39,40)41)28-33(32)36(29(2)37)34(38)30-23-20-19-21-24-30/h19-21,23-26,28H,4-18,22,27H2,1-3H3,(H,39,40,41). The summed E-state index contributed by atoms with van der Waals surface area (Å²) in [5.74, 6) is -1.11. The van der Waals surface area contributed by atoms with Crippen molar-refractivity contribution in [1.82, 2.24) is 0 Å². The molecule has 2 amide bonds. The van der Waals surface area contributed by atoms with Crippen molar-refractivity contribution in [2.75, 3.05) is 23.4 Å². The van der Waals surface area contributed by atoms with Gasteiger partial charge in [0.05, 0.1) is 16.3 Å². The third kappa shape index (κ3) is 12.7. The van der Waals surface area contributed by atoms with E-state index in [-0.39, 0.29) is 10.6 Å². The summed E-state index contributed by atoms with van der Waals surface area (Å²) >= 11 is 0. The second-order valence-electron chi connectivity index (χ2n) is 11.4. The Morgan fingerprint density at radius 1 is 0.690 bits per heavy atom. The highest BCUT2D eigenvalue weighted by Gasteiger charge is 2.27. The minimum absolute atomic E-state index is 0.130. The number of rotatable bonds is 21. The zero-order valence-electron chi connectivity index (χ0n) is 26.0. The lowest BCUT2D eigenvalue weighted by Crippen LogP contribution is -2.36. The van der Waals surface area contributed by atoms with Crippen molar-refractivity contribution in [3.05, 3.63) is 54.1 Å². The first kappa shape index (κ1) is 35.5. The molecule has 0 unspecified atom stereocenters. The van der Waals surface area contributed by atoms with Crippen LogP contribution in [0.1, 0.15) is 127 Å². The number of unbranched alkanes of at least 4 members (excludes halogenated alkanes) is 15. The van der Waals surface area contributed by atoms with Crippen LogP contribution >= 0.6 is 0 Å². The van der Waals surface area contributed by atoms with Crippen LogP contribution in [-0.4, -0.2) is 38.4 Å². The van der Waals surface area contributed by atoms with Crippen molar-refractivity contribution in [1.29, 1.82) is 0 Å². The number of benzene rings is 2. The molecule has 0 saturated carbocycles. The van der Waals surface area contributed by atoms with Crippen LogP contribution in [0.5, 0.6) is 0 Å². The Morgan fingerprint density at radius 3 is 1.62 bits per heavy atom. The summed E-state index contributed by atoms with van der Waals surface area (Å²) in [6.07, 6.45) is 20.6. The molecule has 0 aliphatic rings. The predicted octanol–water partition coefficient (Wildman–Crippen LogP) is 8.82. The molecular formula is C34H52N2O5S. The molecule has 42 heavy (non-hydrogen) atoms. The summed E-state index contributed by atoms with van der Waals surface area (Å²) in [5, 5.41) is 0. The van der Waals surface area contributed by atoms with Gasteiger partial charge in [0.15, 0.2) is 0 Å². The van der Waals surface area contributed by atoms with Crippen molar-refractivity contribution in [2.45, 2.75) is 121 Å². The van der Waals surface area contributed by atoms with Gasteiger partial charge in [-0.2, -0.15) is 8.42 Å². The van der Waals surface area contributed by atoms with Crippen LogP contribution in [0.4, 0.5) is 11.4 Å². The van der Waals surface area contributed by atoms with E-state index >= 15 is 0 Å². The van der Waals surface area contributed by atoms with Crippen LogP contribution in [0.2, 0.25) is 0 Å². The Morgan fingerprint density at radius 2 is 1.17 bits per heavy atom. The van der Waals surface area contributed by atoms with E-state index in [1.807, 2.05) is 11.9 Å². The van der Waals surface area contributed by atoms with E-state index in [1.54, 1.807) is 36.4 Å². The Balaban J connectivity index is 1.83. The summed E-state index contributed by atoms with van der Waals surface area (Å²) in [6.45, 7) is 4.21. The summed E-state index contributed by atoms with van der Waals surface area (Å²) in [6, 6.07) is 12.4. The fourth-order valence-corrected chi connectivity index (χ4v) is 5.82. The molecular weight excluding hydrogens is 548 g/mol. The second kappa shape index (κ2) is 19.5. The average Bonchev–Trinajstić information content (AvgIpc) is 2.96. The normalized spacial score (nSPS) is 11.4. The van der Waals surface area contributed by atoms with Gasteiger partial charge in [0.25, 0.3) is 16.0 Å². The number of carbonyl (C=O) groups is 2. The Bertz CT molecular complexity index is 1180. The zero-order valence-corrected chi connectivity index (χ0v) is 26.8. The van der Waals surface area contributed by atoms with Gasteiger partial charge < -0.3 is 4.90 Å². The fraction of sp³-hybridized carbons (Fsp3) is 0.588. The van der Waals surface area contributed by atoms with Gasteiger partial charge in [0, 0.05) is 26.1 Å². The van der Waals surface area contributed by atoms with E-state index in [4.69, 9.17) is 0 Å². The quantitative estimate of drug-likeness (QED) is 0.114. The Kier molecular flexibility index (Phi) is 16.5. The molecule has 234 valence electrons. The topological polar surface area (TPSA) is 95.0 Å². The molecule has 0 spiro atoms. The largest absolute Gasteiger partial charge is 0.373 e.